The number of amides is 3. The standard InChI is InChI=1S/C4H7NO.C4H8.CH4N2O/c1-3-4(6)5-2;1-3-4-2;2-1(3)4/h3H,1H2,2H3,(H,5,6);3H,1,4H2,2H3;(H4,2,3,4). The molecule has 0 aliphatic rings. The van der Waals surface area contributed by atoms with Crippen LogP contribution in [0.15, 0.2) is 25.3 Å². The Bertz CT molecular complexity index is 175. The highest BCUT2D eigenvalue weighted by molar-refractivity contribution is 5.86. The van der Waals surface area contributed by atoms with Gasteiger partial charge in [-0.05, 0) is 12.5 Å². The highest BCUT2D eigenvalue weighted by Gasteiger charge is 1.78. The molecule has 82 valence electrons. The zero-order chi connectivity index (χ0) is 12.0. The molecule has 0 bridgehead atoms. The number of hydrogen-bond acceptors (Lipinski definition) is 2. The quantitative estimate of drug-likeness (QED) is 0.448. The Morgan fingerprint density at radius 2 is 1.64 bits per heavy atom. The van der Waals surface area contributed by atoms with Crippen molar-refractivity contribution in [1.29, 1.82) is 0 Å². The van der Waals surface area contributed by atoms with E-state index in [1.807, 2.05) is 6.08 Å². The third kappa shape index (κ3) is 83.8. The van der Waals surface area contributed by atoms with Crippen molar-refractivity contribution in [3.63, 3.8) is 0 Å². The van der Waals surface area contributed by atoms with E-state index < -0.39 is 6.03 Å². The third-order valence-electron chi connectivity index (χ3n) is 0.720. The maximum atomic E-state index is 9.95. The van der Waals surface area contributed by atoms with Crippen LogP contribution in [0.5, 0.6) is 0 Å². The lowest BCUT2D eigenvalue weighted by molar-refractivity contribution is -0.116. The molecule has 0 saturated carbocycles. The van der Waals surface area contributed by atoms with Gasteiger partial charge in [0.1, 0.15) is 0 Å². The molecule has 5 nitrogen and oxygen atoms in total. The smallest absolute Gasteiger partial charge is 0.309 e. The number of carbonyl (C=O) groups is 2. The van der Waals surface area contributed by atoms with Crippen molar-refractivity contribution >= 4 is 11.9 Å². The molecule has 0 fully saturated rings. The van der Waals surface area contributed by atoms with Gasteiger partial charge in [-0.1, -0.05) is 19.6 Å². The minimum atomic E-state index is -0.833. The molecule has 0 spiro atoms. The van der Waals surface area contributed by atoms with Crippen LogP contribution in [0.3, 0.4) is 0 Å². The summed E-state index contributed by atoms with van der Waals surface area (Å²) in [7, 11) is 1.56. The van der Waals surface area contributed by atoms with Crippen molar-refractivity contribution in [3.05, 3.63) is 25.3 Å². The summed E-state index contributed by atoms with van der Waals surface area (Å²) in [6.07, 6.45) is 4.18. The van der Waals surface area contributed by atoms with Crippen LogP contribution in [-0.4, -0.2) is 19.0 Å². The van der Waals surface area contributed by atoms with E-state index in [2.05, 4.69) is 36.9 Å². The largest absolute Gasteiger partial charge is 0.356 e. The molecule has 5 heteroatoms. The average molecular weight is 201 g/mol. The lowest BCUT2D eigenvalue weighted by atomic mass is 10.5. The van der Waals surface area contributed by atoms with E-state index in [4.69, 9.17) is 4.79 Å². The molecular weight excluding hydrogens is 182 g/mol. The van der Waals surface area contributed by atoms with Gasteiger partial charge in [-0.15, -0.1) is 6.58 Å². The van der Waals surface area contributed by atoms with Crippen molar-refractivity contribution < 1.29 is 9.59 Å². The van der Waals surface area contributed by atoms with Crippen LogP contribution < -0.4 is 16.8 Å². The number of hydrogen-bond donors (Lipinski definition) is 3. The van der Waals surface area contributed by atoms with E-state index in [1.165, 1.54) is 6.08 Å². The number of nitrogens with two attached hydrogens (primary N) is 2. The van der Waals surface area contributed by atoms with Crippen LogP contribution in [0.25, 0.3) is 0 Å². The highest BCUT2D eigenvalue weighted by Crippen LogP contribution is 1.66. The molecule has 0 aliphatic carbocycles. The van der Waals surface area contributed by atoms with Crippen molar-refractivity contribution in [2.24, 2.45) is 11.5 Å². The Balaban J connectivity index is -0.000000135. The van der Waals surface area contributed by atoms with Crippen molar-refractivity contribution in [2.45, 2.75) is 13.3 Å². The Hall–Kier alpha value is -1.78. The number of carbonyl (C=O) groups excluding carboxylic acids is 2. The van der Waals surface area contributed by atoms with Gasteiger partial charge >= 0.3 is 6.03 Å². The van der Waals surface area contributed by atoms with Crippen LogP contribution in [-0.2, 0) is 4.79 Å². The SMILES string of the molecule is C=CC(=O)NC.C=CCC.NC(N)=O. The predicted molar refractivity (Wildman–Crippen MR) is 58.5 cm³/mol. The van der Waals surface area contributed by atoms with Gasteiger partial charge in [0.2, 0.25) is 5.91 Å². The molecule has 0 aromatic rings. The zero-order valence-electron chi connectivity index (χ0n) is 8.75. The molecule has 0 unspecified atom stereocenters. The molecular formula is C9H19N3O2. The van der Waals surface area contributed by atoms with E-state index in [0.29, 0.717) is 0 Å². The monoisotopic (exact) mass is 201 g/mol. The van der Waals surface area contributed by atoms with Crippen LogP contribution >= 0.6 is 0 Å². The molecule has 0 heterocycles. The van der Waals surface area contributed by atoms with E-state index in [1.54, 1.807) is 7.05 Å². The first-order chi connectivity index (χ1) is 6.45. The molecule has 0 radical (unpaired) electrons. The number of likely N-dealkylation sites (N-methyl/N-ethyl adjacent to an activating group) is 1. The fourth-order valence-electron chi connectivity index (χ4n) is 0.102. The first-order valence-electron chi connectivity index (χ1n) is 3.96. The highest BCUT2D eigenvalue weighted by atomic mass is 16.2. The van der Waals surface area contributed by atoms with Crippen molar-refractivity contribution in [3.8, 4) is 0 Å². The minimum absolute atomic E-state index is 0.144. The van der Waals surface area contributed by atoms with Gasteiger partial charge in [-0.2, -0.15) is 0 Å². The van der Waals surface area contributed by atoms with Gasteiger partial charge in [0.25, 0.3) is 0 Å². The number of urea groups is 1. The van der Waals surface area contributed by atoms with Gasteiger partial charge in [0.15, 0.2) is 0 Å². The zero-order valence-corrected chi connectivity index (χ0v) is 8.75. The molecule has 14 heavy (non-hydrogen) atoms. The normalized spacial score (nSPS) is 6.43. The summed E-state index contributed by atoms with van der Waals surface area (Å²) in [6, 6.07) is -0.833. The number of nitrogens with one attached hydrogen (secondary N) is 1. The Kier molecular flexibility index (Phi) is 22.4. The summed E-state index contributed by atoms with van der Waals surface area (Å²) in [5.41, 5.74) is 8.50. The molecule has 0 rings (SSSR count). The second-order valence-electron chi connectivity index (χ2n) is 1.92. The van der Waals surface area contributed by atoms with Gasteiger partial charge < -0.3 is 16.8 Å². The molecule has 0 aliphatic heterocycles. The van der Waals surface area contributed by atoms with E-state index in [0.717, 1.165) is 6.42 Å². The van der Waals surface area contributed by atoms with Crippen LogP contribution in [0, 0.1) is 0 Å². The fourth-order valence-corrected chi connectivity index (χ4v) is 0.102. The van der Waals surface area contributed by atoms with Gasteiger partial charge in [-0.25, -0.2) is 4.79 Å². The fraction of sp³-hybridized carbons (Fsp3) is 0.333. The molecule has 0 aromatic carbocycles. The maximum Gasteiger partial charge on any atom is 0.309 e. The number of allylic oxidation sites excluding steroid dienone is 1. The van der Waals surface area contributed by atoms with Crippen molar-refractivity contribution in [2.75, 3.05) is 7.05 Å². The first kappa shape index (κ1) is 18.1. The maximum absolute atomic E-state index is 9.95. The number of rotatable bonds is 2. The second kappa shape index (κ2) is 17.3. The molecule has 0 atom stereocenters. The summed E-state index contributed by atoms with van der Waals surface area (Å²) in [5, 5.41) is 2.36. The van der Waals surface area contributed by atoms with Crippen molar-refractivity contribution in [1.82, 2.24) is 5.32 Å². The average Bonchev–Trinajstić information content (AvgIpc) is 2.16. The number of primary amides is 2. The summed E-state index contributed by atoms with van der Waals surface area (Å²) in [6.45, 7) is 8.76. The minimum Gasteiger partial charge on any atom is -0.356 e. The Morgan fingerprint density at radius 1 is 1.36 bits per heavy atom. The summed E-state index contributed by atoms with van der Waals surface area (Å²) in [4.78, 5) is 19.0. The van der Waals surface area contributed by atoms with Gasteiger partial charge in [0, 0.05) is 7.05 Å². The Morgan fingerprint density at radius 3 is 1.64 bits per heavy atom. The summed E-state index contributed by atoms with van der Waals surface area (Å²) >= 11 is 0. The van der Waals surface area contributed by atoms with E-state index >= 15 is 0 Å². The lowest BCUT2D eigenvalue weighted by Crippen LogP contribution is -2.18. The van der Waals surface area contributed by atoms with E-state index in [9.17, 15) is 4.79 Å². The summed E-state index contributed by atoms with van der Waals surface area (Å²) < 4.78 is 0. The van der Waals surface area contributed by atoms with Gasteiger partial charge in [-0.3, -0.25) is 4.79 Å². The Labute approximate surface area is 84.8 Å². The topological polar surface area (TPSA) is 98.2 Å². The van der Waals surface area contributed by atoms with Crippen LogP contribution in [0.4, 0.5) is 4.79 Å². The molecule has 0 aromatic heterocycles. The first-order valence-corrected chi connectivity index (χ1v) is 3.96. The summed E-state index contributed by atoms with van der Waals surface area (Å²) in [5.74, 6) is -0.144. The second-order valence-corrected chi connectivity index (χ2v) is 1.92. The third-order valence-corrected chi connectivity index (χ3v) is 0.720. The molecule has 0 saturated heterocycles. The van der Waals surface area contributed by atoms with Gasteiger partial charge in [0.05, 0.1) is 0 Å². The van der Waals surface area contributed by atoms with Crippen LogP contribution in [0.1, 0.15) is 13.3 Å². The molecule has 3 amide bonds. The van der Waals surface area contributed by atoms with Crippen LogP contribution in [0.2, 0.25) is 0 Å². The lowest BCUT2D eigenvalue weighted by Gasteiger charge is -1.82. The van der Waals surface area contributed by atoms with E-state index in [-0.39, 0.29) is 5.91 Å². The predicted octanol–water partition coefficient (Wildman–Crippen LogP) is 0.525. The molecule has 5 N–H and O–H groups in total.